The number of carbonyl (C=O) groups excluding carboxylic acids is 1. The van der Waals surface area contributed by atoms with Gasteiger partial charge in [0, 0.05) is 30.1 Å². The molecule has 7 heteroatoms. The lowest BCUT2D eigenvalue weighted by Crippen LogP contribution is -2.33. The van der Waals surface area contributed by atoms with Crippen molar-refractivity contribution in [3.05, 3.63) is 77.5 Å². The summed E-state index contributed by atoms with van der Waals surface area (Å²) in [5.74, 6) is 1.71. The number of allylic oxidation sites excluding steroid dienone is 2. The second-order valence-corrected chi connectivity index (χ2v) is 7.04. The number of carbonyl (C=O) groups is 1. The van der Waals surface area contributed by atoms with Crippen molar-refractivity contribution in [1.82, 2.24) is 19.7 Å². The van der Waals surface area contributed by atoms with Crippen LogP contribution in [0.1, 0.15) is 35.9 Å². The van der Waals surface area contributed by atoms with Gasteiger partial charge in [-0.05, 0) is 41.7 Å². The summed E-state index contributed by atoms with van der Waals surface area (Å²) in [6.45, 7) is 0. The van der Waals surface area contributed by atoms with Gasteiger partial charge in [-0.2, -0.15) is 10.1 Å². The molecule has 0 bridgehead atoms. The van der Waals surface area contributed by atoms with E-state index in [1.807, 2.05) is 36.4 Å². The number of anilines is 1. The third-order valence-corrected chi connectivity index (χ3v) is 5.45. The van der Waals surface area contributed by atoms with Gasteiger partial charge < -0.3 is 10.1 Å². The summed E-state index contributed by atoms with van der Waals surface area (Å²) in [6, 6.07) is 11.5. The van der Waals surface area contributed by atoms with Crippen molar-refractivity contribution in [3.63, 3.8) is 0 Å². The molecule has 1 aliphatic carbocycles. The Morgan fingerprint density at radius 1 is 1.14 bits per heavy atom. The molecule has 0 saturated carbocycles. The Labute approximate surface area is 162 Å². The number of hydrogen-bond donors (Lipinski definition) is 1. The first kappa shape index (κ1) is 16.7. The van der Waals surface area contributed by atoms with Crippen LogP contribution in [0.25, 0.3) is 0 Å². The number of pyridine rings is 1. The molecule has 1 aromatic carbocycles. The third kappa shape index (κ3) is 2.67. The Morgan fingerprint density at radius 3 is 2.75 bits per heavy atom. The van der Waals surface area contributed by atoms with Gasteiger partial charge in [-0.15, -0.1) is 0 Å². The predicted molar refractivity (Wildman–Crippen MR) is 103 cm³/mol. The standard InChI is InChI=1S/C21H19N5O2/c1-28-16-6-4-13(5-7-16)15-9-17-19(18(27)10-15)20(14-3-2-8-22-11-14)26-21(25-17)23-12-24-26/h2-8,11-12,15,20H,9-10H2,1H3,(H,23,24,25). The van der Waals surface area contributed by atoms with Crippen LogP contribution in [0.3, 0.4) is 0 Å². The SMILES string of the molecule is COc1ccc(C2CC(=O)C3=C(C2)Nc2ncnn2C3c2cccnc2)cc1. The van der Waals surface area contributed by atoms with Gasteiger partial charge in [0.1, 0.15) is 18.1 Å². The van der Waals surface area contributed by atoms with Gasteiger partial charge in [-0.1, -0.05) is 18.2 Å². The smallest absolute Gasteiger partial charge is 0.226 e. The van der Waals surface area contributed by atoms with Gasteiger partial charge in [0.05, 0.1) is 7.11 Å². The molecule has 1 aliphatic heterocycles. The van der Waals surface area contributed by atoms with Gasteiger partial charge in [0.2, 0.25) is 5.95 Å². The number of fused-ring (bicyclic) bond motifs is 1. The first-order chi connectivity index (χ1) is 13.7. The molecule has 0 radical (unpaired) electrons. The van der Waals surface area contributed by atoms with E-state index in [0.717, 1.165) is 34.6 Å². The van der Waals surface area contributed by atoms with E-state index in [9.17, 15) is 4.79 Å². The van der Waals surface area contributed by atoms with Crippen LogP contribution in [0.5, 0.6) is 5.75 Å². The van der Waals surface area contributed by atoms with Gasteiger partial charge in [-0.3, -0.25) is 9.78 Å². The maximum Gasteiger partial charge on any atom is 0.226 e. The second-order valence-electron chi connectivity index (χ2n) is 7.04. The highest BCUT2D eigenvalue weighted by Crippen LogP contribution is 2.43. The van der Waals surface area contributed by atoms with Crippen molar-refractivity contribution in [3.8, 4) is 5.75 Å². The maximum atomic E-state index is 13.2. The Hall–Kier alpha value is -3.48. The monoisotopic (exact) mass is 373 g/mol. The molecule has 3 aromatic rings. The van der Waals surface area contributed by atoms with Crippen LogP contribution in [0.2, 0.25) is 0 Å². The lowest BCUT2D eigenvalue weighted by atomic mass is 9.78. The molecule has 5 rings (SSSR count). The van der Waals surface area contributed by atoms with Crippen molar-refractivity contribution in [2.75, 3.05) is 12.4 Å². The second kappa shape index (κ2) is 6.60. The highest BCUT2D eigenvalue weighted by molar-refractivity contribution is 6.00. The molecule has 28 heavy (non-hydrogen) atoms. The van der Waals surface area contributed by atoms with E-state index in [-0.39, 0.29) is 17.7 Å². The zero-order valence-electron chi connectivity index (χ0n) is 15.4. The fourth-order valence-corrected chi connectivity index (χ4v) is 4.11. The van der Waals surface area contributed by atoms with E-state index in [1.54, 1.807) is 24.2 Å². The number of nitrogens with zero attached hydrogens (tertiary/aromatic N) is 4. The average Bonchev–Trinajstić information content (AvgIpc) is 3.21. The van der Waals surface area contributed by atoms with Gasteiger partial charge in [-0.25, -0.2) is 4.68 Å². The number of benzene rings is 1. The molecule has 1 N–H and O–H groups in total. The minimum absolute atomic E-state index is 0.119. The summed E-state index contributed by atoms with van der Waals surface area (Å²) < 4.78 is 7.01. The summed E-state index contributed by atoms with van der Waals surface area (Å²) >= 11 is 0. The van der Waals surface area contributed by atoms with E-state index in [2.05, 4.69) is 20.4 Å². The Bertz CT molecular complexity index is 1060. The van der Waals surface area contributed by atoms with E-state index >= 15 is 0 Å². The lowest BCUT2D eigenvalue weighted by Gasteiger charge is -2.35. The molecule has 2 atom stereocenters. The topological polar surface area (TPSA) is 81.9 Å². The zero-order chi connectivity index (χ0) is 19.1. The van der Waals surface area contributed by atoms with Crippen LogP contribution in [-0.2, 0) is 4.79 Å². The van der Waals surface area contributed by atoms with Gasteiger partial charge in [0.15, 0.2) is 5.78 Å². The molecule has 0 saturated heterocycles. The Kier molecular flexibility index (Phi) is 3.93. The number of aromatic nitrogens is 4. The number of hydrogen-bond acceptors (Lipinski definition) is 6. The maximum absolute atomic E-state index is 13.2. The molecule has 140 valence electrons. The summed E-state index contributed by atoms with van der Waals surface area (Å²) in [6.07, 6.45) is 6.24. The molecule has 0 fully saturated rings. The molecule has 3 heterocycles. The average molecular weight is 373 g/mol. The number of nitrogens with one attached hydrogen (secondary N) is 1. The van der Waals surface area contributed by atoms with Crippen LogP contribution in [0, 0.1) is 0 Å². The van der Waals surface area contributed by atoms with Crippen molar-refractivity contribution in [2.45, 2.75) is 24.8 Å². The first-order valence-electron chi connectivity index (χ1n) is 9.21. The first-order valence-corrected chi connectivity index (χ1v) is 9.21. The fraction of sp³-hybridized carbons (Fsp3) is 0.238. The van der Waals surface area contributed by atoms with Crippen molar-refractivity contribution >= 4 is 11.7 Å². The van der Waals surface area contributed by atoms with E-state index in [1.165, 1.54) is 6.33 Å². The largest absolute Gasteiger partial charge is 0.497 e. The summed E-state index contributed by atoms with van der Waals surface area (Å²) in [4.78, 5) is 21.8. The quantitative estimate of drug-likeness (QED) is 0.760. The van der Waals surface area contributed by atoms with Crippen molar-refractivity contribution < 1.29 is 9.53 Å². The van der Waals surface area contributed by atoms with Gasteiger partial charge in [0.25, 0.3) is 0 Å². The molecule has 0 spiro atoms. The Morgan fingerprint density at radius 2 is 2.00 bits per heavy atom. The number of ketones is 1. The summed E-state index contributed by atoms with van der Waals surface area (Å²) in [5.41, 5.74) is 3.74. The Balaban J connectivity index is 1.55. The molecule has 2 unspecified atom stereocenters. The molecule has 7 nitrogen and oxygen atoms in total. The van der Waals surface area contributed by atoms with E-state index in [4.69, 9.17) is 4.74 Å². The van der Waals surface area contributed by atoms with Crippen LogP contribution in [0.4, 0.5) is 5.95 Å². The summed E-state index contributed by atoms with van der Waals surface area (Å²) in [5, 5.41) is 7.69. The minimum Gasteiger partial charge on any atom is -0.497 e. The number of rotatable bonds is 3. The normalized spacial score (nSPS) is 21.0. The van der Waals surface area contributed by atoms with Crippen LogP contribution >= 0.6 is 0 Å². The van der Waals surface area contributed by atoms with E-state index in [0.29, 0.717) is 12.4 Å². The molecular formula is C21H19N5O2. The van der Waals surface area contributed by atoms with Crippen molar-refractivity contribution in [1.29, 1.82) is 0 Å². The van der Waals surface area contributed by atoms with E-state index < -0.39 is 0 Å². The number of ether oxygens (including phenoxy) is 1. The minimum atomic E-state index is -0.299. The molecular weight excluding hydrogens is 354 g/mol. The molecule has 2 aliphatic rings. The van der Waals surface area contributed by atoms with Gasteiger partial charge >= 0.3 is 0 Å². The fourth-order valence-electron chi connectivity index (χ4n) is 4.11. The zero-order valence-corrected chi connectivity index (χ0v) is 15.4. The molecule has 2 aromatic heterocycles. The summed E-state index contributed by atoms with van der Waals surface area (Å²) in [7, 11) is 1.65. The van der Waals surface area contributed by atoms with Crippen molar-refractivity contribution in [2.24, 2.45) is 0 Å². The third-order valence-electron chi connectivity index (χ3n) is 5.45. The van der Waals surface area contributed by atoms with Crippen LogP contribution in [-0.4, -0.2) is 32.6 Å². The molecule has 0 amide bonds. The number of Topliss-reactive ketones (excluding diaryl/α,β-unsaturated/α-hetero) is 1. The number of methoxy groups -OCH3 is 1. The van der Waals surface area contributed by atoms with Crippen LogP contribution in [0.15, 0.2) is 66.4 Å². The highest BCUT2D eigenvalue weighted by atomic mass is 16.5. The highest BCUT2D eigenvalue weighted by Gasteiger charge is 2.39. The van der Waals surface area contributed by atoms with Crippen LogP contribution < -0.4 is 10.1 Å². The predicted octanol–water partition coefficient (Wildman–Crippen LogP) is 3.10. The lowest BCUT2D eigenvalue weighted by molar-refractivity contribution is -0.116.